The molecule has 12 nitrogen and oxygen atoms in total. The zero-order valence-corrected chi connectivity index (χ0v) is 30.9. The third-order valence-electron chi connectivity index (χ3n) is 12.0. The molecule has 4 aliphatic heterocycles. The molecule has 278 valence electrons. The fraction of sp³-hybridized carbons (Fsp3) is 0.415. The highest BCUT2D eigenvalue weighted by atomic mass is 35.5. The Morgan fingerprint density at radius 2 is 1.63 bits per heavy atom. The molecule has 1 aliphatic carbocycles. The summed E-state index contributed by atoms with van der Waals surface area (Å²) in [6, 6.07) is 15.5. The molecule has 3 aromatic rings. The summed E-state index contributed by atoms with van der Waals surface area (Å²) in [5.41, 5.74) is 4.53. The van der Waals surface area contributed by atoms with E-state index in [-0.39, 0.29) is 36.3 Å². The van der Waals surface area contributed by atoms with Crippen LogP contribution in [-0.4, -0.2) is 77.2 Å². The Morgan fingerprint density at radius 1 is 0.963 bits per heavy atom. The molecule has 4 heterocycles. The molecule has 1 saturated carbocycles. The molecule has 5 amide bonds. The number of amides is 5. The number of imide groups is 2. The van der Waals surface area contributed by atoms with Crippen molar-refractivity contribution in [3.63, 3.8) is 0 Å². The van der Waals surface area contributed by atoms with Gasteiger partial charge in [-0.25, -0.2) is 4.85 Å². The SMILES string of the molecule is [C-]#[N+]c1ccc(O[C@H]2C[C@H](NC(=O)c3ccc(N4CCC(CN5Cc6cc7c(cc6C5)C(=O)N([C@H]5CCC(=O)NC5=O)C7=O)CC4)cc3)C2(C)C)cc1Cl. The highest BCUT2D eigenvalue weighted by Crippen LogP contribution is 2.44. The van der Waals surface area contributed by atoms with Crippen LogP contribution >= 0.6 is 11.6 Å². The summed E-state index contributed by atoms with van der Waals surface area (Å²) in [6.07, 6.45) is 2.87. The Labute approximate surface area is 318 Å². The summed E-state index contributed by atoms with van der Waals surface area (Å²) in [5, 5.41) is 5.79. The fourth-order valence-corrected chi connectivity index (χ4v) is 8.73. The van der Waals surface area contributed by atoms with Crippen LogP contribution in [0.25, 0.3) is 4.85 Å². The molecule has 54 heavy (non-hydrogen) atoms. The third kappa shape index (κ3) is 6.49. The lowest BCUT2D eigenvalue weighted by molar-refractivity contribution is -0.136. The second kappa shape index (κ2) is 13.9. The van der Waals surface area contributed by atoms with Crippen LogP contribution in [0.1, 0.15) is 88.2 Å². The van der Waals surface area contributed by atoms with E-state index in [1.165, 1.54) is 0 Å². The van der Waals surface area contributed by atoms with Crippen LogP contribution < -0.4 is 20.3 Å². The first kappa shape index (κ1) is 35.8. The van der Waals surface area contributed by atoms with Crippen molar-refractivity contribution in [2.24, 2.45) is 11.3 Å². The first-order valence-electron chi connectivity index (χ1n) is 18.5. The van der Waals surface area contributed by atoms with Gasteiger partial charge in [-0.2, -0.15) is 0 Å². The van der Waals surface area contributed by atoms with Crippen molar-refractivity contribution in [2.75, 3.05) is 24.5 Å². The highest BCUT2D eigenvalue weighted by molar-refractivity contribution is 6.33. The summed E-state index contributed by atoms with van der Waals surface area (Å²) in [7, 11) is 0. The van der Waals surface area contributed by atoms with Crippen molar-refractivity contribution in [1.82, 2.24) is 20.4 Å². The smallest absolute Gasteiger partial charge is 0.262 e. The lowest BCUT2D eigenvalue weighted by Crippen LogP contribution is -2.63. The number of rotatable bonds is 8. The van der Waals surface area contributed by atoms with E-state index >= 15 is 0 Å². The van der Waals surface area contributed by atoms with E-state index < -0.39 is 29.7 Å². The third-order valence-corrected chi connectivity index (χ3v) is 12.3. The van der Waals surface area contributed by atoms with Crippen molar-refractivity contribution in [2.45, 2.75) is 77.2 Å². The van der Waals surface area contributed by atoms with Crippen LogP contribution in [0, 0.1) is 17.9 Å². The van der Waals surface area contributed by atoms with E-state index in [0.717, 1.165) is 54.2 Å². The van der Waals surface area contributed by atoms with Crippen LogP contribution in [0.15, 0.2) is 54.6 Å². The molecule has 2 saturated heterocycles. The molecule has 0 unspecified atom stereocenters. The highest BCUT2D eigenvalue weighted by Gasteiger charge is 2.51. The second-order valence-corrected chi connectivity index (χ2v) is 16.1. The molecular weight excluding hydrogens is 708 g/mol. The predicted octanol–water partition coefficient (Wildman–Crippen LogP) is 5.50. The topological polar surface area (TPSA) is 133 Å². The maximum Gasteiger partial charge on any atom is 0.262 e. The number of benzene rings is 3. The lowest BCUT2D eigenvalue weighted by atomic mass is 9.64. The van der Waals surface area contributed by atoms with Gasteiger partial charge in [-0.05, 0) is 84.8 Å². The first-order valence-corrected chi connectivity index (χ1v) is 18.9. The molecule has 8 rings (SSSR count). The molecular formula is C41H41ClN6O6. The largest absolute Gasteiger partial charge is 0.490 e. The summed E-state index contributed by atoms with van der Waals surface area (Å²) < 4.78 is 6.17. The van der Waals surface area contributed by atoms with Crippen LogP contribution in [0.2, 0.25) is 5.02 Å². The number of ether oxygens (including phenoxy) is 1. The van der Waals surface area contributed by atoms with Crippen molar-refractivity contribution in [3.8, 4) is 5.75 Å². The molecule has 2 N–H and O–H groups in total. The Hall–Kier alpha value is -5.25. The number of anilines is 1. The quantitative estimate of drug-likeness (QED) is 0.228. The van der Waals surface area contributed by atoms with Crippen molar-refractivity contribution in [1.29, 1.82) is 0 Å². The molecule has 3 aromatic carbocycles. The minimum atomic E-state index is -0.964. The molecule has 0 aromatic heterocycles. The Morgan fingerprint density at radius 3 is 2.22 bits per heavy atom. The molecule has 3 fully saturated rings. The zero-order chi connectivity index (χ0) is 37.9. The number of nitrogens with one attached hydrogen (secondary N) is 2. The van der Waals surface area contributed by atoms with E-state index in [1.54, 1.807) is 18.2 Å². The number of hydrogen-bond donors (Lipinski definition) is 2. The number of carbonyl (C=O) groups excluding carboxylic acids is 5. The molecule has 0 radical (unpaired) electrons. The maximum atomic E-state index is 13.3. The van der Waals surface area contributed by atoms with Gasteiger partial charge in [-0.3, -0.25) is 39.1 Å². The molecule has 5 aliphatic rings. The van der Waals surface area contributed by atoms with Gasteiger partial charge in [0.15, 0.2) is 0 Å². The van der Waals surface area contributed by atoms with E-state index in [1.807, 2.05) is 36.4 Å². The summed E-state index contributed by atoms with van der Waals surface area (Å²) in [6.45, 7) is 15.5. The maximum absolute atomic E-state index is 13.3. The van der Waals surface area contributed by atoms with Crippen LogP contribution in [-0.2, 0) is 22.7 Å². The molecule has 0 spiro atoms. The number of nitrogens with zero attached hydrogens (tertiary/aromatic N) is 4. The second-order valence-electron chi connectivity index (χ2n) is 15.7. The van der Waals surface area contributed by atoms with Crippen LogP contribution in [0.5, 0.6) is 5.75 Å². The van der Waals surface area contributed by atoms with Crippen molar-refractivity contribution < 1.29 is 28.7 Å². The van der Waals surface area contributed by atoms with Crippen molar-refractivity contribution >= 4 is 52.5 Å². The summed E-state index contributed by atoms with van der Waals surface area (Å²) in [5.74, 6) is -0.928. The number of halogens is 1. The molecule has 0 bridgehead atoms. The Balaban J connectivity index is 0.802. The normalized spacial score (nSPS) is 23.7. The number of carbonyl (C=O) groups is 5. The molecule has 3 atom stereocenters. The van der Waals surface area contributed by atoms with Gasteiger partial charge in [0.25, 0.3) is 17.7 Å². The summed E-state index contributed by atoms with van der Waals surface area (Å²) in [4.78, 5) is 73.0. The van der Waals surface area contributed by atoms with E-state index in [9.17, 15) is 24.0 Å². The van der Waals surface area contributed by atoms with E-state index in [0.29, 0.717) is 58.6 Å². The van der Waals surface area contributed by atoms with Gasteiger partial charge < -0.3 is 15.0 Å². The number of piperidine rings is 2. The average molecular weight is 749 g/mol. The Bertz CT molecular complexity index is 2080. The van der Waals surface area contributed by atoms with Gasteiger partial charge in [0.1, 0.15) is 17.9 Å². The lowest BCUT2D eigenvalue weighted by Gasteiger charge is -2.51. The molecule has 13 heteroatoms. The van der Waals surface area contributed by atoms with Crippen molar-refractivity contribution in [3.05, 3.63) is 98.9 Å². The standard InChI is InChI=1S/C41H41ClN6O6/c1-41(2)34(19-35(41)54-28-8-9-32(43-3)31(42)18-28)44-37(50)24-4-6-27(7-5-24)47-14-12-23(13-15-47)20-46-21-25-16-29-30(17-26(25)22-46)40(53)48(39(29)52)33-10-11-36(49)45-38(33)51/h4-9,16-18,23,33-35H,10-15,19-22H2,1-2H3,(H,44,50)(H,45,49,51)/t33-,34-,35-/m0/s1. The number of hydrogen-bond acceptors (Lipinski definition) is 8. The minimum absolute atomic E-state index is 0.0451. The number of fused-ring (bicyclic) bond motifs is 2. The zero-order valence-electron chi connectivity index (χ0n) is 30.2. The van der Waals surface area contributed by atoms with E-state index in [4.69, 9.17) is 22.9 Å². The van der Waals surface area contributed by atoms with Gasteiger partial charge in [0.2, 0.25) is 17.5 Å². The monoisotopic (exact) mass is 748 g/mol. The minimum Gasteiger partial charge on any atom is -0.490 e. The van der Waals surface area contributed by atoms with Crippen LogP contribution in [0.4, 0.5) is 11.4 Å². The van der Waals surface area contributed by atoms with Crippen LogP contribution in [0.3, 0.4) is 0 Å². The van der Waals surface area contributed by atoms with Gasteiger partial charge in [0.05, 0.1) is 22.7 Å². The van der Waals surface area contributed by atoms with Gasteiger partial charge in [-0.1, -0.05) is 31.5 Å². The van der Waals surface area contributed by atoms with Gasteiger partial charge in [-0.15, -0.1) is 0 Å². The predicted molar refractivity (Wildman–Crippen MR) is 200 cm³/mol. The average Bonchev–Trinajstić information content (AvgIpc) is 3.66. The fourth-order valence-electron chi connectivity index (χ4n) is 8.52. The summed E-state index contributed by atoms with van der Waals surface area (Å²) >= 11 is 6.18. The van der Waals surface area contributed by atoms with Gasteiger partial charge in [0, 0.05) is 68.3 Å². The van der Waals surface area contributed by atoms with E-state index in [2.05, 4.69) is 39.1 Å². The first-order chi connectivity index (χ1) is 25.9. The van der Waals surface area contributed by atoms with Gasteiger partial charge >= 0.3 is 0 Å². The Kier molecular flexibility index (Phi) is 9.18.